The maximum absolute atomic E-state index is 6.00. The van der Waals surface area contributed by atoms with Crippen molar-refractivity contribution in [2.45, 2.75) is 71.6 Å². The Morgan fingerprint density at radius 1 is 1.33 bits per heavy atom. The van der Waals surface area contributed by atoms with Crippen molar-refractivity contribution in [3.05, 3.63) is 0 Å². The highest BCUT2D eigenvalue weighted by molar-refractivity contribution is 4.82. The quantitative estimate of drug-likeness (QED) is 0.758. The molecule has 1 saturated heterocycles. The van der Waals surface area contributed by atoms with E-state index in [0.29, 0.717) is 18.1 Å². The van der Waals surface area contributed by atoms with Crippen molar-refractivity contribution >= 4 is 0 Å². The number of hydrogen-bond acceptors (Lipinski definition) is 2. The van der Waals surface area contributed by atoms with Crippen molar-refractivity contribution in [1.82, 2.24) is 5.32 Å². The van der Waals surface area contributed by atoms with Crippen LogP contribution in [0.15, 0.2) is 0 Å². The molecule has 2 nitrogen and oxygen atoms in total. The van der Waals surface area contributed by atoms with Crippen molar-refractivity contribution in [2.75, 3.05) is 6.54 Å². The molecule has 1 fully saturated rings. The SMILES string of the molecule is CC(CNC(C)C)CC1CCC(C)(C)O1. The van der Waals surface area contributed by atoms with Crippen molar-refractivity contribution in [1.29, 1.82) is 0 Å². The normalized spacial score (nSPS) is 27.2. The highest BCUT2D eigenvalue weighted by Gasteiger charge is 2.32. The first-order valence-electron chi connectivity index (χ1n) is 6.30. The Labute approximate surface area is 94.8 Å². The van der Waals surface area contributed by atoms with E-state index < -0.39 is 0 Å². The Balaban J connectivity index is 2.19. The summed E-state index contributed by atoms with van der Waals surface area (Å²) in [5.74, 6) is 0.714. The zero-order valence-corrected chi connectivity index (χ0v) is 11.0. The van der Waals surface area contributed by atoms with Gasteiger partial charge in [0.2, 0.25) is 0 Å². The van der Waals surface area contributed by atoms with Gasteiger partial charge in [-0.3, -0.25) is 0 Å². The molecule has 0 amide bonds. The van der Waals surface area contributed by atoms with Crippen LogP contribution in [0.5, 0.6) is 0 Å². The lowest BCUT2D eigenvalue weighted by Gasteiger charge is -2.22. The van der Waals surface area contributed by atoms with E-state index in [2.05, 4.69) is 39.9 Å². The third kappa shape index (κ3) is 4.98. The standard InChI is InChI=1S/C13H27NO/c1-10(2)14-9-11(3)8-12-6-7-13(4,5)15-12/h10-12,14H,6-9H2,1-5H3. The number of nitrogens with one attached hydrogen (secondary N) is 1. The van der Waals surface area contributed by atoms with Crippen LogP contribution in [0.3, 0.4) is 0 Å². The molecule has 1 aliphatic rings. The first-order valence-corrected chi connectivity index (χ1v) is 6.30. The molecule has 0 saturated carbocycles. The van der Waals surface area contributed by atoms with Gasteiger partial charge in [-0.25, -0.2) is 0 Å². The lowest BCUT2D eigenvalue weighted by Crippen LogP contribution is -2.30. The van der Waals surface area contributed by atoms with Gasteiger partial charge in [0, 0.05) is 6.04 Å². The van der Waals surface area contributed by atoms with Crippen LogP contribution in [0, 0.1) is 5.92 Å². The molecule has 1 N–H and O–H groups in total. The smallest absolute Gasteiger partial charge is 0.0631 e. The minimum atomic E-state index is 0.121. The predicted molar refractivity (Wildman–Crippen MR) is 65.1 cm³/mol. The Kier molecular flexibility index (Phi) is 4.60. The van der Waals surface area contributed by atoms with Crippen LogP contribution in [0.4, 0.5) is 0 Å². The van der Waals surface area contributed by atoms with Gasteiger partial charge in [-0.15, -0.1) is 0 Å². The Hall–Kier alpha value is -0.0800. The minimum absolute atomic E-state index is 0.121. The van der Waals surface area contributed by atoms with Gasteiger partial charge in [-0.05, 0) is 45.6 Å². The summed E-state index contributed by atoms with van der Waals surface area (Å²) >= 11 is 0. The zero-order valence-electron chi connectivity index (χ0n) is 11.0. The number of hydrogen-bond donors (Lipinski definition) is 1. The van der Waals surface area contributed by atoms with Gasteiger partial charge < -0.3 is 10.1 Å². The van der Waals surface area contributed by atoms with Crippen LogP contribution in [0.1, 0.15) is 53.9 Å². The van der Waals surface area contributed by atoms with Gasteiger partial charge in [0.25, 0.3) is 0 Å². The molecule has 90 valence electrons. The maximum atomic E-state index is 6.00. The second-order valence-electron chi connectivity index (χ2n) is 5.94. The predicted octanol–water partition coefficient (Wildman–Crippen LogP) is 2.97. The van der Waals surface area contributed by atoms with Crippen LogP contribution in [-0.4, -0.2) is 24.3 Å². The molecular weight excluding hydrogens is 186 g/mol. The topological polar surface area (TPSA) is 21.3 Å². The lowest BCUT2D eigenvalue weighted by atomic mass is 10.00. The molecular formula is C13H27NO. The second-order valence-corrected chi connectivity index (χ2v) is 5.94. The minimum Gasteiger partial charge on any atom is -0.372 e. The summed E-state index contributed by atoms with van der Waals surface area (Å²) < 4.78 is 6.00. The summed E-state index contributed by atoms with van der Waals surface area (Å²) in [7, 11) is 0. The summed E-state index contributed by atoms with van der Waals surface area (Å²) in [5.41, 5.74) is 0.121. The average Bonchev–Trinajstić information content (AvgIpc) is 2.42. The second kappa shape index (κ2) is 5.31. The first kappa shape index (κ1) is 13.0. The van der Waals surface area contributed by atoms with E-state index in [0.717, 1.165) is 6.54 Å². The fraction of sp³-hybridized carbons (Fsp3) is 1.00. The van der Waals surface area contributed by atoms with Crippen molar-refractivity contribution in [3.8, 4) is 0 Å². The van der Waals surface area contributed by atoms with Gasteiger partial charge >= 0.3 is 0 Å². The molecule has 1 rings (SSSR count). The fourth-order valence-electron chi connectivity index (χ4n) is 2.21. The number of ether oxygens (including phenoxy) is 1. The Morgan fingerprint density at radius 2 is 2.00 bits per heavy atom. The van der Waals surface area contributed by atoms with Gasteiger partial charge in [-0.1, -0.05) is 20.8 Å². The van der Waals surface area contributed by atoms with Crippen LogP contribution in [-0.2, 0) is 4.74 Å². The van der Waals surface area contributed by atoms with E-state index in [1.165, 1.54) is 19.3 Å². The van der Waals surface area contributed by atoms with Gasteiger partial charge in [0.1, 0.15) is 0 Å². The van der Waals surface area contributed by atoms with Crippen molar-refractivity contribution in [3.63, 3.8) is 0 Å². The molecule has 0 aromatic heterocycles. The van der Waals surface area contributed by atoms with Crippen molar-refractivity contribution < 1.29 is 4.74 Å². The molecule has 2 unspecified atom stereocenters. The van der Waals surface area contributed by atoms with E-state index in [9.17, 15) is 0 Å². The van der Waals surface area contributed by atoms with E-state index in [-0.39, 0.29) is 5.60 Å². The van der Waals surface area contributed by atoms with E-state index in [1.807, 2.05) is 0 Å². The molecule has 2 heteroatoms. The molecule has 0 aliphatic carbocycles. The van der Waals surface area contributed by atoms with E-state index >= 15 is 0 Å². The summed E-state index contributed by atoms with van der Waals surface area (Å²) in [5, 5.41) is 3.48. The summed E-state index contributed by atoms with van der Waals surface area (Å²) in [6.07, 6.45) is 4.13. The molecule has 1 aliphatic heterocycles. The van der Waals surface area contributed by atoms with E-state index in [1.54, 1.807) is 0 Å². The van der Waals surface area contributed by atoms with E-state index in [4.69, 9.17) is 4.74 Å². The average molecular weight is 213 g/mol. The van der Waals surface area contributed by atoms with Crippen LogP contribution in [0.2, 0.25) is 0 Å². The summed E-state index contributed by atoms with van der Waals surface area (Å²) in [6, 6.07) is 0.591. The summed E-state index contributed by atoms with van der Waals surface area (Å²) in [4.78, 5) is 0. The maximum Gasteiger partial charge on any atom is 0.0631 e. The largest absolute Gasteiger partial charge is 0.372 e. The van der Waals surface area contributed by atoms with Crippen LogP contribution < -0.4 is 5.32 Å². The fourth-order valence-corrected chi connectivity index (χ4v) is 2.21. The van der Waals surface area contributed by atoms with Gasteiger partial charge in [0.05, 0.1) is 11.7 Å². The third-order valence-corrected chi connectivity index (χ3v) is 3.09. The molecule has 0 radical (unpaired) electrons. The van der Waals surface area contributed by atoms with Crippen molar-refractivity contribution in [2.24, 2.45) is 5.92 Å². The summed E-state index contributed by atoms with van der Waals surface area (Å²) in [6.45, 7) is 12.2. The van der Waals surface area contributed by atoms with Crippen LogP contribution in [0.25, 0.3) is 0 Å². The monoisotopic (exact) mass is 213 g/mol. The number of rotatable bonds is 5. The Morgan fingerprint density at radius 3 is 2.47 bits per heavy atom. The molecule has 0 aromatic rings. The zero-order chi connectivity index (χ0) is 11.5. The first-order chi connectivity index (χ1) is 6.89. The Bertz CT molecular complexity index is 189. The van der Waals surface area contributed by atoms with Gasteiger partial charge in [0.15, 0.2) is 0 Å². The molecule has 2 atom stereocenters. The van der Waals surface area contributed by atoms with Crippen LogP contribution >= 0.6 is 0 Å². The van der Waals surface area contributed by atoms with Gasteiger partial charge in [-0.2, -0.15) is 0 Å². The molecule has 0 aromatic carbocycles. The third-order valence-electron chi connectivity index (χ3n) is 3.09. The molecule has 1 heterocycles. The lowest BCUT2D eigenvalue weighted by molar-refractivity contribution is -0.0236. The molecule has 0 bridgehead atoms. The highest BCUT2D eigenvalue weighted by atomic mass is 16.5. The molecule has 0 spiro atoms. The molecule has 15 heavy (non-hydrogen) atoms. The highest BCUT2D eigenvalue weighted by Crippen LogP contribution is 2.32.